The number of nitrogens with one attached hydrogen (secondary N) is 3. The molecule has 4 aromatic rings. The van der Waals surface area contributed by atoms with Crippen molar-refractivity contribution in [2.45, 2.75) is 102 Å². The maximum absolute atomic E-state index is 13.4. The molecule has 9 rings (SSSR count). The second-order valence-corrected chi connectivity index (χ2v) is 19.8. The molecule has 332 valence electrons. The fourth-order valence-corrected chi connectivity index (χ4v) is 11.7. The number of halogens is 3. The van der Waals surface area contributed by atoms with Gasteiger partial charge in [-0.15, -0.1) is 11.3 Å². The van der Waals surface area contributed by atoms with Crippen molar-refractivity contribution < 1.29 is 42.3 Å². The molecule has 3 aliphatic heterocycles. The van der Waals surface area contributed by atoms with Gasteiger partial charge in [-0.25, -0.2) is 9.97 Å². The van der Waals surface area contributed by atoms with E-state index >= 15 is 0 Å². The Labute approximate surface area is 366 Å². The molecule has 5 amide bonds. The zero-order valence-electron chi connectivity index (χ0n) is 35.1. The highest BCUT2D eigenvalue weighted by atomic mass is 32.1. The van der Waals surface area contributed by atoms with Gasteiger partial charge in [-0.05, 0) is 125 Å². The molecule has 4 N–H and O–H groups in total. The van der Waals surface area contributed by atoms with Gasteiger partial charge in [0.2, 0.25) is 11.8 Å². The molecule has 2 saturated carbocycles. The molecular formula is C46H50F3N7O6S. The van der Waals surface area contributed by atoms with Gasteiger partial charge in [0.1, 0.15) is 17.4 Å². The van der Waals surface area contributed by atoms with E-state index in [1.54, 1.807) is 55.5 Å². The summed E-state index contributed by atoms with van der Waals surface area (Å²) in [6.45, 7) is 7.22. The maximum atomic E-state index is 13.4. The Balaban J connectivity index is 0.717. The molecule has 4 fully saturated rings. The zero-order valence-corrected chi connectivity index (χ0v) is 36.0. The van der Waals surface area contributed by atoms with Crippen molar-refractivity contribution in [3.8, 4) is 0 Å². The first-order chi connectivity index (χ1) is 29.9. The van der Waals surface area contributed by atoms with Crippen LogP contribution in [0, 0.1) is 17.3 Å². The molecule has 13 nitrogen and oxygen atoms in total. The van der Waals surface area contributed by atoms with Gasteiger partial charge in [-0.2, -0.15) is 13.2 Å². The SMILES string of the molecule is CC(C)(O)c1cc2nc(C3CCC(CN4CC5(CC(CCCNc6cccc7c6C(=O)N(C6CCC(=O)NC6=O)C7=O)C5)C4)CC3)sc2cc1NC(=O)c1cccc(C(F)(F)F)n1. The fraction of sp³-hybridized carbons (Fsp3) is 0.500. The molecule has 2 aromatic heterocycles. The molecule has 63 heavy (non-hydrogen) atoms. The monoisotopic (exact) mass is 885 g/mol. The topological polar surface area (TPSA) is 174 Å². The molecule has 1 atom stereocenters. The molecule has 1 spiro atoms. The summed E-state index contributed by atoms with van der Waals surface area (Å²) in [5, 5.41) is 20.3. The maximum Gasteiger partial charge on any atom is 0.433 e. The minimum absolute atomic E-state index is 0.0788. The van der Waals surface area contributed by atoms with Crippen LogP contribution < -0.4 is 16.0 Å². The van der Waals surface area contributed by atoms with Gasteiger partial charge in [0.25, 0.3) is 17.7 Å². The summed E-state index contributed by atoms with van der Waals surface area (Å²) in [5.74, 6) is -1.24. The summed E-state index contributed by atoms with van der Waals surface area (Å²) in [5.41, 5.74) is 0.0902. The third-order valence-electron chi connectivity index (χ3n) is 13.6. The van der Waals surface area contributed by atoms with E-state index in [0.717, 1.165) is 84.9 Å². The number of anilines is 2. The number of piperidine rings is 1. The van der Waals surface area contributed by atoms with E-state index in [1.165, 1.54) is 18.9 Å². The second kappa shape index (κ2) is 16.4. The Bertz CT molecular complexity index is 2500. The van der Waals surface area contributed by atoms with Gasteiger partial charge < -0.3 is 20.6 Å². The largest absolute Gasteiger partial charge is 0.433 e. The molecule has 2 aromatic carbocycles. The van der Waals surface area contributed by atoms with E-state index in [2.05, 4.69) is 25.8 Å². The van der Waals surface area contributed by atoms with Crippen LogP contribution in [0.25, 0.3) is 10.2 Å². The average Bonchev–Trinajstić information content (AvgIpc) is 3.74. The number of nitrogens with zero attached hydrogens (tertiary/aromatic N) is 4. The first-order valence-corrected chi connectivity index (χ1v) is 22.6. The highest BCUT2D eigenvalue weighted by molar-refractivity contribution is 7.18. The van der Waals surface area contributed by atoms with Crippen LogP contribution in [0.3, 0.4) is 0 Å². The fourth-order valence-electron chi connectivity index (χ4n) is 10.6. The van der Waals surface area contributed by atoms with Crippen LogP contribution in [0.4, 0.5) is 24.5 Å². The number of amides is 5. The molecule has 17 heteroatoms. The number of pyridine rings is 1. The van der Waals surface area contributed by atoms with Gasteiger partial charge >= 0.3 is 6.18 Å². The van der Waals surface area contributed by atoms with Crippen LogP contribution in [0.5, 0.6) is 0 Å². The lowest BCUT2D eigenvalue weighted by Crippen LogP contribution is -2.62. The number of aliphatic hydroxyl groups is 1. The van der Waals surface area contributed by atoms with Crippen molar-refractivity contribution in [2.75, 3.05) is 36.8 Å². The van der Waals surface area contributed by atoms with Crippen LogP contribution >= 0.6 is 11.3 Å². The minimum Gasteiger partial charge on any atom is -0.386 e. The summed E-state index contributed by atoms with van der Waals surface area (Å²) in [4.78, 5) is 75.8. The van der Waals surface area contributed by atoms with E-state index < -0.39 is 53.0 Å². The highest BCUT2D eigenvalue weighted by Crippen LogP contribution is 2.54. The van der Waals surface area contributed by atoms with Crippen molar-refractivity contribution in [3.05, 3.63) is 81.6 Å². The van der Waals surface area contributed by atoms with Gasteiger partial charge in [0.15, 0.2) is 0 Å². The summed E-state index contributed by atoms with van der Waals surface area (Å²) in [6, 6.07) is 10.8. The van der Waals surface area contributed by atoms with E-state index in [-0.39, 0.29) is 29.7 Å². The third kappa shape index (κ3) is 8.58. The third-order valence-corrected chi connectivity index (χ3v) is 14.8. The Morgan fingerprint density at radius 3 is 2.40 bits per heavy atom. The number of thiazole rings is 1. The Morgan fingerprint density at radius 1 is 0.937 bits per heavy atom. The standard InChI is InChI=1S/C46H50F3N7O6S/c1-44(2,62)29-18-33-35(19-32(29)52-39(58)31-9-4-10-36(51-31)46(47,48)49)63-41(53-33)27-13-11-25(12-14-27)22-55-23-45(24-55)20-26(21-45)6-5-17-50-30-8-3-7-28-38(30)43(61)56(42(28)60)34-15-16-37(57)54-40(34)59/h3-4,7-10,18-19,25-27,34,50,62H,5-6,11-17,20-24H2,1-2H3,(H,52,58)(H,54,57,59). The van der Waals surface area contributed by atoms with E-state index in [1.807, 2.05) is 0 Å². The number of hydrogen-bond donors (Lipinski definition) is 4. The summed E-state index contributed by atoms with van der Waals surface area (Å²) in [7, 11) is 0. The van der Waals surface area contributed by atoms with Crippen LogP contribution in [0.15, 0.2) is 48.5 Å². The van der Waals surface area contributed by atoms with Crippen molar-refractivity contribution in [2.24, 2.45) is 17.3 Å². The van der Waals surface area contributed by atoms with Crippen molar-refractivity contribution >= 4 is 62.5 Å². The predicted octanol–water partition coefficient (Wildman–Crippen LogP) is 7.47. The lowest BCUT2D eigenvalue weighted by molar-refractivity contribution is -0.141. The number of alkyl halides is 3. The van der Waals surface area contributed by atoms with E-state index in [4.69, 9.17) is 4.98 Å². The number of imide groups is 2. The number of aromatic nitrogens is 2. The van der Waals surface area contributed by atoms with Crippen LogP contribution in [-0.2, 0) is 21.4 Å². The Hall–Kier alpha value is -5.26. The van der Waals surface area contributed by atoms with Crippen molar-refractivity contribution in [3.63, 3.8) is 0 Å². The Kier molecular flexibility index (Phi) is 11.2. The molecular weight excluding hydrogens is 836 g/mol. The quantitative estimate of drug-likeness (QED) is 0.0826. The molecule has 2 saturated heterocycles. The van der Waals surface area contributed by atoms with Crippen LogP contribution in [-0.4, -0.2) is 86.6 Å². The lowest BCUT2D eigenvalue weighted by Gasteiger charge is -2.60. The number of fused-ring (bicyclic) bond motifs is 2. The molecule has 0 radical (unpaired) electrons. The first-order valence-electron chi connectivity index (χ1n) is 21.8. The molecule has 0 bridgehead atoms. The van der Waals surface area contributed by atoms with Gasteiger partial charge in [0.05, 0.1) is 32.0 Å². The minimum atomic E-state index is -4.69. The number of hydrogen-bond acceptors (Lipinski definition) is 11. The normalized spacial score (nSPS) is 22.8. The van der Waals surface area contributed by atoms with E-state index in [0.29, 0.717) is 52.2 Å². The Morgan fingerprint density at radius 2 is 1.68 bits per heavy atom. The second-order valence-electron chi connectivity index (χ2n) is 18.7. The summed E-state index contributed by atoms with van der Waals surface area (Å²) in [6.07, 6.45) is 4.26. The van der Waals surface area contributed by atoms with Gasteiger partial charge in [-0.1, -0.05) is 12.1 Å². The number of carbonyl (C=O) groups is 5. The number of likely N-dealkylation sites (tertiary alicyclic amines) is 1. The first kappa shape index (κ1) is 43.0. The molecule has 5 heterocycles. The number of benzene rings is 2. The number of rotatable bonds is 12. The predicted molar refractivity (Wildman–Crippen MR) is 229 cm³/mol. The van der Waals surface area contributed by atoms with Crippen LogP contribution in [0.1, 0.15) is 131 Å². The van der Waals surface area contributed by atoms with Gasteiger partial charge in [-0.3, -0.25) is 34.2 Å². The zero-order chi connectivity index (χ0) is 44.4. The van der Waals surface area contributed by atoms with Crippen molar-refractivity contribution in [1.82, 2.24) is 25.1 Å². The molecule has 5 aliphatic rings. The summed E-state index contributed by atoms with van der Waals surface area (Å²) >= 11 is 1.55. The lowest BCUT2D eigenvalue weighted by atomic mass is 9.56. The highest BCUT2D eigenvalue weighted by Gasteiger charge is 2.52. The molecule has 2 aliphatic carbocycles. The van der Waals surface area contributed by atoms with Crippen LogP contribution in [0.2, 0.25) is 0 Å². The smallest absolute Gasteiger partial charge is 0.386 e. The van der Waals surface area contributed by atoms with Gasteiger partial charge in [0, 0.05) is 55.5 Å². The average molecular weight is 886 g/mol. The number of carbonyl (C=O) groups excluding carboxylic acids is 5. The summed E-state index contributed by atoms with van der Waals surface area (Å²) < 4.78 is 40.6. The van der Waals surface area contributed by atoms with Crippen molar-refractivity contribution in [1.29, 1.82) is 0 Å². The van der Waals surface area contributed by atoms with E-state index in [9.17, 15) is 42.3 Å². The molecule has 1 unspecified atom stereocenters.